The van der Waals surface area contributed by atoms with Crippen molar-refractivity contribution >= 4 is 5.82 Å². The third-order valence-corrected chi connectivity index (χ3v) is 3.36. The van der Waals surface area contributed by atoms with Crippen LogP contribution in [0.2, 0.25) is 0 Å². The van der Waals surface area contributed by atoms with Crippen molar-refractivity contribution in [3.63, 3.8) is 0 Å². The molecular formula is C15H16N2O. The van der Waals surface area contributed by atoms with Gasteiger partial charge in [0.15, 0.2) is 0 Å². The molecule has 1 aromatic carbocycles. The monoisotopic (exact) mass is 240 g/mol. The van der Waals surface area contributed by atoms with Gasteiger partial charge in [-0.15, -0.1) is 0 Å². The van der Waals surface area contributed by atoms with Gasteiger partial charge < -0.3 is 10.5 Å². The average molecular weight is 240 g/mol. The minimum Gasteiger partial charge on any atom is -0.492 e. The highest BCUT2D eigenvalue weighted by Gasteiger charge is 2.31. The van der Waals surface area contributed by atoms with Crippen molar-refractivity contribution in [2.45, 2.75) is 19.3 Å². The van der Waals surface area contributed by atoms with E-state index in [-0.39, 0.29) is 5.41 Å². The van der Waals surface area contributed by atoms with Crippen LogP contribution in [-0.4, -0.2) is 11.6 Å². The largest absolute Gasteiger partial charge is 0.492 e. The van der Waals surface area contributed by atoms with Crippen LogP contribution in [0.25, 0.3) is 11.3 Å². The van der Waals surface area contributed by atoms with Crippen LogP contribution >= 0.6 is 0 Å². The first-order valence-electron chi connectivity index (χ1n) is 6.06. The number of nitrogens with zero attached hydrogens (tertiary/aromatic N) is 1. The second kappa shape index (κ2) is 3.73. The first kappa shape index (κ1) is 11.1. The van der Waals surface area contributed by atoms with Gasteiger partial charge in [-0.05, 0) is 30.3 Å². The Morgan fingerprint density at radius 2 is 2.06 bits per heavy atom. The van der Waals surface area contributed by atoms with Crippen LogP contribution in [0.5, 0.6) is 5.75 Å². The van der Waals surface area contributed by atoms with Crippen molar-refractivity contribution in [3.8, 4) is 17.0 Å². The molecule has 18 heavy (non-hydrogen) atoms. The molecule has 2 heterocycles. The number of anilines is 1. The summed E-state index contributed by atoms with van der Waals surface area (Å²) >= 11 is 0. The van der Waals surface area contributed by atoms with Crippen LogP contribution in [0.4, 0.5) is 5.82 Å². The molecule has 0 unspecified atom stereocenters. The van der Waals surface area contributed by atoms with Gasteiger partial charge in [-0.2, -0.15) is 0 Å². The number of ether oxygens (including phenoxy) is 1. The SMILES string of the molecule is CC1(C)COc2ccc(-c3cccc(N)n3)cc21. The number of pyridine rings is 1. The minimum atomic E-state index is 0.0612. The smallest absolute Gasteiger partial charge is 0.124 e. The first-order valence-corrected chi connectivity index (χ1v) is 6.06. The Morgan fingerprint density at radius 3 is 2.83 bits per heavy atom. The van der Waals surface area contributed by atoms with E-state index < -0.39 is 0 Å². The molecule has 3 rings (SSSR count). The molecule has 1 aromatic heterocycles. The van der Waals surface area contributed by atoms with Crippen molar-refractivity contribution in [1.82, 2.24) is 4.98 Å². The maximum Gasteiger partial charge on any atom is 0.124 e. The zero-order valence-corrected chi connectivity index (χ0v) is 10.6. The normalized spacial score (nSPS) is 16.1. The number of nitrogens with two attached hydrogens (primary N) is 1. The van der Waals surface area contributed by atoms with Crippen molar-refractivity contribution in [1.29, 1.82) is 0 Å². The van der Waals surface area contributed by atoms with Crippen LogP contribution in [0.15, 0.2) is 36.4 Å². The lowest BCUT2D eigenvalue weighted by Crippen LogP contribution is -2.18. The fourth-order valence-corrected chi connectivity index (χ4v) is 2.29. The summed E-state index contributed by atoms with van der Waals surface area (Å²) in [6, 6.07) is 11.9. The third kappa shape index (κ3) is 1.72. The van der Waals surface area contributed by atoms with Crippen molar-refractivity contribution in [2.24, 2.45) is 0 Å². The summed E-state index contributed by atoms with van der Waals surface area (Å²) in [5, 5.41) is 0. The number of hydrogen-bond acceptors (Lipinski definition) is 3. The van der Waals surface area contributed by atoms with E-state index in [1.807, 2.05) is 24.3 Å². The Bertz CT molecular complexity index is 605. The quantitative estimate of drug-likeness (QED) is 0.833. The van der Waals surface area contributed by atoms with Crippen LogP contribution in [0.1, 0.15) is 19.4 Å². The fraction of sp³-hybridized carbons (Fsp3) is 0.267. The van der Waals surface area contributed by atoms with E-state index in [0.717, 1.165) is 23.6 Å². The molecule has 0 saturated heterocycles. The van der Waals surface area contributed by atoms with Crippen LogP contribution in [-0.2, 0) is 5.41 Å². The summed E-state index contributed by atoms with van der Waals surface area (Å²) in [6.45, 7) is 5.11. The van der Waals surface area contributed by atoms with Gasteiger partial charge in [0.25, 0.3) is 0 Å². The molecule has 1 aliphatic heterocycles. The van der Waals surface area contributed by atoms with Gasteiger partial charge in [0.05, 0.1) is 12.3 Å². The molecule has 3 nitrogen and oxygen atoms in total. The Morgan fingerprint density at radius 1 is 1.22 bits per heavy atom. The summed E-state index contributed by atoms with van der Waals surface area (Å²) in [5.74, 6) is 1.52. The molecular weight excluding hydrogens is 224 g/mol. The summed E-state index contributed by atoms with van der Waals surface area (Å²) in [4.78, 5) is 4.35. The van der Waals surface area contributed by atoms with E-state index in [2.05, 4.69) is 24.9 Å². The second-order valence-electron chi connectivity index (χ2n) is 5.33. The molecule has 0 aliphatic carbocycles. The van der Waals surface area contributed by atoms with E-state index in [4.69, 9.17) is 10.5 Å². The molecule has 0 saturated carbocycles. The number of hydrogen-bond donors (Lipinski definition) is 1. The molecule has 92 valence electrons. The zero-order chi connectivity index (χ0) is 12.8. The number of fused-ring (bicyclic) bond motifs is 1. The fourth-order valence-electron chi connectivity index (χ4n) is 2.29. The minimum absolute atomic E-state index is 0.0612. The van der Waals surface area contributed by atoms with Gasteiger partial charge in [0.1, 0.15) is 11.6 Å². The predicted octanol–water partition coefficient (Wildman–Crippen LogP) is 3.00. The number of aromatic nitrogens is 1. The Balaban J connectivity index is 2.11. The lowest BCUT2D eigenvalue weighted by molar-refractivity contribution is 0.291. The molecule has 0 fully saturated rings. The first-order chi connectivity index (χ1) is 8.56. The van der Waals surface area contributed by atoms with Crippen molar-refractivity contribution < 1.29 is 4.74 Å². The van der Waals surface area contributed by atoms with Crippen LogP contribution < -0.4 is 10.5 Å². The summed E-state index contributed by atoms with van der Waals surface area (Å²) in [7, 11) is 0. The number of nitrogen functional groups attached to an aromatic ring is 1. The maximum atomic E-state index is 5.73. The highest BCUT2D eigenvalue weighted by Crippen LogP contribution is 2.40. The van der Waals surface area contributed by atoms with E-state index >= 15 is 0 Å². The van der Waals surface area contributed by atoms with Gasteiger partial charge in [0, 0.05) is 16.5 Å². The van der Waals surface area contributed by atoms with Crippen molar-refractivity contribution in [2.75, 3.05) is 12.3 Å². The molecule has 0 bridgehead atoms. The Hall–Kier alpha value is -2.03. The number of rotatable bonds is 1. The second-order valence-corrected chi connectivity index (χ2v) is 5.33. The maximum absolute atomic E-state index is 5.73. The van der Waals surface area contributed by atoms with E-state index in [0.29, 0.717) is 5.82 Å². The van der Waals surface area contributed by atoms with Crippen molar-refractivity contribution in [3.05, 3.63) is 42.0 Å². The molecule has 0 radical (unpaired) electrons. The average Bonchev–Trinajstić information content (AvgIpc) is 2.65. The van der Waals surface area contributed by atoms with Crippen LogP contribution in [0, 0.1) is 0 Å². The predicted molar refractivity (Wildman–Crippen MR) is 72.6 cm³/mol. The zero-order valence-electron chi connectivity index (χ0n) is 10.6. The molecule has 0 spiro atoms. The third-order valence-electron chi connectivity index (χ3n) is 3.36. The molecule has 2 aromatic rings. The van der Waals surface area contributed by atoms with Crippen LogP contribution in [0.3, 0.4) is 0 Å². The molecule has 3 heteroatoms. The standard InChI is InChI=1S/C15H16N2O/c1-15(2)9-18-13-7-6-10(8-11(13)15)12-4-3-5-14(16)17-12/h3-8H,9H2,1-2H3,(H2,16,17). The lowest BCUT2D eigenvalue weighted by Gasteiger charge is -2.15. The lowest BCUT2D eigenvalue weighted by atomic mass is 9.86. The van der Waals surface area contributed by atoms with E-state index in [9.17, 15) is 0 Å². The summed E-state index contributed by atoms with van der Waals surface area (Å²) in [6.07, 6.45) is 0. The van der Waals surface area contributed by atoms with Gasteiger partial charge in [0.2, 0.25) is 0 Å². The number of benzene rings is 1. The molecule has 0 atom stereocenters. The van der Waals surface area contributed by atoms with Gasteiger partial charge in [-0.3, -0.25) is 0 Å². The molecule has 2 N–H and O–H groups in total. The molecule has 0 amide bonds. The van der Waals surface area contributed by atoms with E-state index in [1.54, 1.807) is 6.07 Å². The Labute approximate surface area is 107 Å². The van der Waals surface area contributed by atoms with Gasteiger partial charge in [-0.1, -0.05) is 19.9 Å². The van der Waals surface area contributed by atoms with Gasteiger partial charge in [-0.25, -0.2) is 4.98 Å². The van der Waals surface area contributed by atoms with E-state index in [1.165, 1.54) is 5.56 Å². The molecule has 1 aliphatic rings. The summed E-state index contributed by atoms with van der Waals surface area (Å²) in [5.41, 5.74) is 9.01. The highest BCUT2D eigenvalue weighted by atomic mass is 16.5. The van der Waals surface area contributed by atoms with Gasteiger partial charge >= 0.3 is 0 Å². The topological polar surface area (TPSA) is 48.1 Å². The Kier molecular flexibility index (Phi) is 2.30. The highest BCUT2D eigenvalue weighted by molar-refractivity contribution is 5.65. The summed E-state index contributed by atoms with van der Waals surface area (Å²) < 4.78 is 5.68.